The lowest BCUT2D eigenvalue weighted by Crippen LogP contribution is -2.39. The number of carbonyl (C=O) groups excluding carboxylic acids is 1. The minimum Gasteiger partial charge on any atom is -0.491 e. The first kappa shape index (κ1) is 18.8. The highest BCUT2D eigenvalue weighted by Crippen LogP contribution is 2.28. The summed E-state index contributed by atoms with van der Waals surface area (Å²) < 4.78 is 11.8. The SMILES string of the molecule is CCOc1cc(N2CCCN(C(=O)OC(C)(C)C)CC2)cnc1Br. The van der Waals surface area contributed by atoms with E-state index in [-0.39, 0.29) is 6.09 Å². The maximum Gasteiger partial charge on any atom is 0.410 e. The third kappa shape index (κ3) is 5.26. The highest BCUT2D eigenvalue weighted by atomic mass is 79.9. The second kappa shape index (κ2) is 8.05. The molecule has 0 saturated carbocycles. The molecular weight excluding hydrogens is 374 g/mol. The van der Waals surface area contributed by atoms with E-state index < -0.39 is 5.60 Å². The molecule has 0 radical (unpaired) electrons. The van der Waals surface area contributed by atoms with E-state index in [1.165, 1.54) is 0 Å². The first-order valence-electron chi connectivity index (χ1n) is 8.31. The average Bonchev–Trinajstić information content (AvgIpc) is 2.74. The number of nitrogens with zero attached hydrogens (tertiary/aromatic N) is 3. The smallest absolute Gasteiger partial charge is 0.410 e. The zero-order valence-corrected chi connectivity index (χ0v) is 16.4. The van der Waals surface area contributed by atoms with Gasteiger partial charge in [0.1, 0.15) is 10.2 Å². The van der Waals surface area contributed by atoms with Crippen LogP contribution in [0.2, 0.25) is 0 Å². The molecular formula is C17H26BrN3O3. The van der Waals surface area contributed by atoms with Crippen molar-refractivity contribution in [3.8, 4) is 5.75 Å². The summed E-state index contributed by atoms with van der Waals surface area (Å²) in [4.78, 5) is 20.6. The fourth-order valence-corrected chi connectivity index (χ4v) is 2.86. The molecule has 134 valence electrons. The summed E-state index contributed by atoms with van der Waals surface area (Å²) in [6.07, 6.45) is 2.47. The maximum absolute atomic E-state index is 12.2. The minimum atomic E-state index is -0.467. The first-order valence-corrected chi connectivity index (χ1v) is 9.10. The number of hydrogen-bond donors (Lipinski definition) is 0. The van der Waals surface area contributed by atoms with E-state index in [1.807, 2.05) is 40.0 Å². The Labute approximate surface area is 152 Å². The van der Waals surface area contributed by atoms with Crippen LogP contribution in [-0.2, 0) is 4.74 Å². The van der Waals surface area contributed by atoms with Crippen molar-refractivity contribution in [3.05, 3.63) is 16.9 Å². The van der Waals surface area contributed by atoms with E-state index in [4.69, 9.17) is 9.47 Å². The molecule has 6 nitrogen and oxygen atoms in total. The molecule has 0 spiro atoms. The number of aromatic nitrogens is 1. The summed E-state index contributed by atoms with van der Waals surface area (Å²) in [5, 5.41) is 0. The first-order chi connectivity index (χ1) is 11.3. The summed E-state index contributed by atoms with van der Waals surface area (Å²) in [5.41, 5.74) is 0.540. The van der Waals surface area contributed by atoms with Crippen molar-refractivity contribution in [3.63, 3.8) is 0 Å². The number of anilines is 1. The number of rotatable bonds is 3. The van der Waals surface area contributed by atoms with Gasteiger partial charge in [-0.2, -0.15) is 0 Å². The Morgan fingerprint density at radius 2 is 2.04 bits per heavy atom. The number of ether oxygens (including phenoxy) is 2. The standard InChI is InChI=1S/C17H26BrN3O3/c1-5-23-14-11-13(12-19-15(14)18)20-7-6-8-21(10-9-20)16(22)24-17(2,3)4/h11-12H,5-10H2,1-4H3. The van der Waals surface area contributed by atoms with Gasteiger partial charge in [-0.05, 0) is 50.0 Å². The molecule has 2 rings (SSSR count). The van der Waals surface area contributed by atoms with Crippen LogP contribution in [0, 0.1) is 0 Å². The van der Waals surface area contributed by atoms with Crippen LogP contribution in [0.3, 0.4) is 0 Å². The zero-order valence-electron chi connectivity index (χ0n) is 14.8. The molecule has 0 aliphatic carbocycles. The Balaban J connectivity index is 2.03. The van der Waals surface area contributed by atoms with Gasteiger partial charge in [-0.15, -0.1) is 0 Å². The van der Waals surface area contributed by atoms with Crippen LogP contribution in [0.4, 0.5) is 10.5 Å². The number of carbonyl (C=O) groups is 1. The third-order valence-electron chi connectivity index (χ3n) is 3.61. The predicted molar refractivity (Wildman–Crippen MR) is 97.7 cm³/mol. The number of amides is 1. The minimum absolute atomic E-state index is 0.242. The maximum atomic E-state index is 12.2. The molecule has 7 heteroatoms. The number of hydrogen-bond acceptors (Lipinski definition) is 5. The fraction of sp³-hybridized carbons (Fsp3) is 0.647. The molecule has 1 saturated heterocycles. The molecule has 24 heavy (non-hydrogen) atoms. The molecule has 1 aromatic rings. The van der Waals surface area contributed by atoms with Gasteiger partial charge in [-0.1, -0.05) is 0 Å². The lowest BCUT2D eigenvalue weighted by Gasteiger charge is -2.27. The summed E-state index contributed by atoms with van der Waals surface area (Å²) in [7, 11) is 0. The van der Waals surface area contributed by atoms with Crippen LogP contribution in [0.1, 0.15) is 34.1 Å². The Morgan fingerprint density at radius 3 is 2.71 bits per heavy atom. The van der Waals surface area contributed by atoms with Gasteiger partial charge in [-0.25, -0.2) is 9.78 Å². The van der Waals surface area contributed by atoms with Gasteiger partial charge >= 0.3 is 6.09 Å². The van der Waals surface area contributed by atoms with Crippen LogP contribution in [0.5, 0.6) is 5.75 Å². The molecule has 0 aromatic carbocycles. The largest absolute Gasteiger partial charge is 0.491 e. The molecule has 1 aliphatic rings. The topological polar surface area (TPSA) is 54.9 Å². The normalized spacial score (nSPS) is 15.9. The van der Waals surface area contributed by atoms with E-state index in [0.717, 1.165) is 30.9 Å². The van der Waals surface area contributed by atoms with Crippen LogP contribution in [-0.4, -0.2) is 54.4 Å². The Kier molecular flexibility index (Phi) is 6.32. The van der Waals surface area contributed by atoms with Crippen molar-refractivity contribution in [1.82, 2.24) is 9.88 Å². The second-order valence-electron chi connectivity index (χ2n) is 6.72. The van der Waals surface area contributed by atoms with E-state index >= 15 is 0 Å². The second-order valence-corrected chi connectivity index (χ2v) is 7.47. The molecule has 0 N–H and O–H groups in total. The van der Waals surface area contributed by atoms with Crippen molar-refractivity contribution < 1.29 is 14.3 Å². The van der Waals surface area contributed by atoms with E-state index in [0.29, 0.717) is 24.3 Å². The quantitative estimate of drug-likeness (QED) is 0.725. The Morgan fingerprint density at radius 1 is 1.29 bits per heavy atom. The molecule has 2 heterocycles. The van der Waals surface area contributed by atoms with Crippen molar-refractivity contribution >= 4 is 27.7 Å². The van der Waals surface area contributed by atoms with Crippen LogP contribution in [0.25, 0.3) is 0 Å². The van der Waals surface area contributed by atoms with E-state index in [9.17, 15) is 4.79 Å². The van der Waals surface area contributed by atoms with Gasteiger partial charge in [0.05, 0.1) is 18.5 Å². The highest BCUT2D eigenvalue weighted by molar-refractivity contribution is 9.10. The molecule has 1 aliphatic heterocycles. The van der Waals surface area contributed by atoms with Crippen molar-refractivity contribution in [2.24, 2.45) is 0 Å². The highest BCUT2D eigenvalue weighted by Gasteiger charge is 2.24. The number of pyridine rings is 1. The molecule has 1 fully saturated rings. The average molecular weight is 400 g/mol. The monoisotopic (exact) mass is 399 g/mol. The molecule has 1 aromatic heterocycles. The van der Waals surface area contributed by atoms with Gasteiger partial charge in [0, 0.05) is 32.2 Å². The van der Waals surface area contributed by atoms with Gasteiger partial charge in [0.25, 0.3) is 0 Å². The Hall–Kier alpha value is -1.50. The van der Waals surface area contributed by atoms with Crippen molar-refractivity contribution in [2.45, 2.75) is 39.7 Å². The van der Waals surface area contributed by atoms with Crippen LogP contribution >= 0.6 is 15.9 Å². The van der Waals surface area contributed by atoms with E-state index in [1.54, 1.807) is 4.90 Å². The lowest BCUT2D eigenvalue weighted by molar-refractivity contribution is 0.0263. The van der Waals surface area contributed by atoms with Gasteiger partial charge in [0.15, 0.2) is 5.75 Å². The predicted octanol–water partition coefficient (Wildman–Crippen LogP) is 3.69. The lowest BCUT2D eigenvalue weighted by atomic mass is 10.2. The Bertz CT molecular complexity index is 575. The summed E-state index contributed by atoms with van der Waals surface area (Å²) >= 11 is 3.40. The van der Waals surface area contributed by atoms with Crippen molar-refractivity contribution in [2.75, 3.05) is 37.7 Å². The molecule has 1 amide bonds. The van der Waals surface area contributed by atoms with Gasteiger partial charge in [0.2, 0.25) is 0 Å². The third-order valence-corrected chi connectivity index (χ3v) is 4.20. The van der Waals surface area contributed by atoms with Crippen molar-refractivity contribution in [1.29, 1.82) is 0 Å². The molecule has 0 unspecified atom stereocenters. The summed E-state index contributed by atoms with van der Waals surface area (Å²) in [6, 6.07) is 1.99. The zero-order chi connectivity index (χ0) is 17.7. The van der Waals surface area contributed by atoms with Crippen LogP contribution in [0.15, 0.2) is 16.9 Å². The molecule has 0 bridgehead atoms. The molecule has 0 atom stereocenters. The summed E-state index contributed by atoms with van der Waals surface area (Å²) in [6.45, 7) is 11.2. The summed E-state index contributed by atoms with van der Waals surface area (Å²) in [5.74, 6) is 0.739. The van der Waals surface area contributed by atoms with Gasteiger partial charge < -0.3 is 19.3 Å². The number of halogens is 1. The fourth-order valence-electron chi connectivity index (χ4n) is 2.53. The van der Waals surface area contributed by atoms with Gasteiger partial charge in [-0.3, -0.25) is 0 Å². The van der Waals surface area contributed by atoms with E-state index in [2.05, 4.69) is 25.8 Å². The van der Waals surface area contributed by atoms with Crippen LogP contribution < -0.4 is 9.64 Å².